The number of anilines is 1. The number of hydrogen-bond acceptors (Lipinski definition) is 5. The van der Waals surface area contributed by atoms with Crippen LogP contribution in [0.2, 0.25) is 0 Å². The molecule has 0 aliphatic rings. The Bertz CT molecular complexity index is 875. The molecule has 25 heavy (non-hydrogen) atoms. The lowest BCUT2D eigenvalue weighted by atomic mass is 10.1. The van der Waals surface area contributed by atoms with E-state index in [2.05, 4.69) is 51.2 Å². The highest BCUT2D eigenvalue weighted by atomic mass is 15.1. The van der Waals surface area contributed by atoms with E-state index in [9.17, 15) is 0 Å². The van der Waals surface area contributed by atoms with Gasteiger partial charge in [0.15, 0.2) is 0 Å². The molecule has 1 N–H and O–H groups in total. The molecule has 0 spiro atoms. The van der Waals surface area contributed by atoms with Crippen LogP contribution in [0.15, 0.2) is 42.7 Å². The average molecular weight is 333 g/mol. The SMILES string of the molecule is Cc1ccc(-c2ccnc(N[C@H](C)Cc3ncccc3C)n2)c(C)n1. The molecule has 3 heterocycles. The number of aryl methyl sites for hydroxylation is 3. The first-order valence-electron chi connectivity index (χ1n) is 8.47. The smallest absolute Gasteiger partial charge is 0.223 e. The van der Waals surface area contributed by atoms with Gasteiger partial charge < -0.3 is 5.32 Å². The fourth-order valence-electron chi connectivity index (χ4n) is 2.83. The van der Waals surface area contributed by atoms with Gasteiger partial charge in [0.2, 0.25) is 5.95 Å². The molecule has 0 saturated heterocycles. The Morgan fingerprint density at radius 1 is 0.960 bits per heavy atom. The van der Waals surface area contributed by atoms with E-state index < -0.39 is 0 Å². The van der Waals surface area contributed by atoms with Crippen molar-refractivity contribution in [3.8, 4) is 11.3 Å². The summed E-state index contributed by atoms with van der Waals surface area (Å²) >= 11 is 0. The van der Waals surface area contributed by atoms with Gasteiger partial charge in [0.05, 0.1) is 5.69 Å². The summed E-state index contributed by atoms with van der Waals surface area (Å²) in [5, 5.41) is 3.38. The Kier molecular flexibility index (Phi) is 5.03. The van der Waals surface area contributed by atoms with Crippen molar-refractivity contribution in [1.29, 1.82) is 0 Å². The minimum atomic E-state index is 0.182. The van der Waals surface area contributed by atoms with E-state index in [0.717, 1.165) is 34.8 Å². The largest absolute Gasteiger partial charge is 0.351 e. The third kappa shape index (κ3) is 4.18. The number of hydrogen-bond donors (Lipinski definition) is 1. The fourth-order valence-corrected chi connectivity index (χ4v) is 2.83. The molecule has 0 unspecified atom stereocenters. The molecule has 0 aliphatic heterocycles. The topological polar surface area (TPSA) is 63.6 Å². The summed E-state index contributed by atoms with van der Waals surface area (Å²) in [5.41, 5.74) is 6.19. The number of nitrogens with one attached hydrogen (secondary N) is 1. The quantitative estimate of drug-likeness (QED) is 0.767. The first-order valence-corrected chi connectivity index (χ1v) is 8.47. The Morgan fingerprint density at radius 2 is 1.80 bits per heavy atom. The van der Waals surface area contributed by atoms with Crippen molar-refractivity contribution in [2.45, 2.75) is 40.2 Å². The molecular formula is C20H23N5. The predicted octanol–water partition coefficient (Wildman–Crippen LogP) is 3.90. The molecule has 0 radical (unpaired) electrons. The molecule has 5 nitrogen and oxygen atoms in total. The third-order valence-electron chi connectivity index (χ3n) is 4.15. The van der Waals surface area contributed by atoms with Gasteiger partial charge in [-0.25, -0.2) is 9.97 Å². The van der Waals surface area contributed by atoms with Gasteiger partial charge in [0.25, 0.3) is 0 Å². The van der Waals surface area contributed by atoms with Crippen LogP contribution < -0.4 is 5.32 Å². The second kappa shape index (κ2) is 7.38. The highest BCUT2D eigenvalue weighted by molar-refractivity contribution is 5.62. The average Bonchev–Trinajstić information content (AvgIpc) is 2.57. The third-order valence-corrected chi connectivity index (χ3v) is 4.15. The Labute approximate surface area is 148 Å². The first-order chi connectivity index (χ1) is 12.0. The second-order valence-corrected chi connectivity index (χ2v) is 6.37. The Hall–Kier alpha value is -2.82. The highest BCUT2D eigenvalue weighted by Crippen LogP contribution is 2.21. The molecule has 0 aromatic carbocycles. The summed E-state index contributed by atoms with van der Waals surface area (Å²) in [5.74, 6) is 0.624. The van der Waals surface area contributed by atoms with Gasteiger partial charge in [0.1, 0.15) is 0 Å². The van der Waals surface area contributed by atoms with Gasteiger partial charge in [-0.3, -0.25) is 9.97 Å². The summed E-state index contributed by atoms with van der Waals surface area (Å²) in [6.07, 6.45) is 4.44. The fraction of sp³-hybridized carbons (Fsp3) is 0.300. The van der Waals surface area contributed by atoms with Crippen LogP contribution in [-0.2, 0) is 6.42 Å². The molecule has 3 rings (SSSR count). The minimum Gasteiger partial charge on any atom is -0.351 e. The van der Waals surface area contributed by atoms with E-state index in [1.54, 1.807) is 6.20 Å². The summed E-state index contributed by atoms with van der Waals surface area (Å²) in [6.45, 7) is 8.19. The minimum absolute atomic E-state index is 0.182. The van der Waals surface area contributed by atoms with Crippen molar-refractivity contribution in [2.24, 2.45) is 0 Å². The maximum atomic E-state index is 4.65. The molecular weight excluding hydrogens is 310 g/mol. The van der Waals surface area contributed by atoms with Crippen LogP contribution in [0.5, 0.6) is 0 Å². The van der Waals surface area contributed by atoms with Crippen molar-refractivity contribution < 1.29 is 0 Å². The van der Waals surface area contributed by atoms with E-state index in [0.29, 0.717) is 5.95 Å². The number of nitrogens with zero attached hydrogens (tertiary/aromatic N) is 4. The van der Waals surface area contributed by atoms with Crippen molar-refractivity contribution in [3.63, 3.8) is 0 Å². The van der Waals surface area contributed by atoms with E-state index in [1.165, 1.54) is 5.56 Å². The molecule has 1 atom stereocenters. The standard InChI is InChI=1S/C20H23N5/c1-13-6-5-10-21-19(13)12-15(3)24-20-22-11-9-18(25-20)17-8-7-14(2)23-16(17)4/h5-11,15H,12H2,1-4H3,(H,22,24,25)/t15-/m1/s1. The van der Waals surface area contributed by atoms with Gasteiger partial charge in [-0.05, 0) is 57.5 Å². The van der Waals surface area contributed by atoms with Crippen molar-refractivity contribution >= 4 is 5.95 Å². The highest BCUT2D eigenvalue weighted by Gasteiger charge is 2.10. The first kappa shape index (κ1) is 17.0. The van der Waals surface area contributed by atoms with Crippen LogP contribution in [-0.4, -0.2) is 26.0 Å². The molecule has 5 heteroatoms. The van der Waals surface area contributed by atoms with Gasteiger partial charge in [-0.1, -0.05) is 6.07 Å². The second-order valence-electron chi connectivity index (χ2n) is 6.37. The molecule has 0 aliphatic carbocycles. The van der Waals surface area contributed by atoms with Crippen LogP contribution in [0.3, 0.4) is 0 Å². The zero-order chi connectivity index (χ0) is 17.8. The summed E-state index contributed by atoms with van der Waals surface area (Å²) in [4.78, 5) is 18.0. The van der Waals surface area contributed by atoms with Crippen LogP contribution in [0.1, 0.15) is 29.6 Å². The maximum Gasteiger partial charge on any atom is 0.223 e. The van der Waals surface area contributed by atoms with Crippen molar-refractivity contribution in [3.05, 3.63) is 65.4 Å². The summed E-state index contributed by atoms with van der Waals surface area (Å²) in [6, 6.07) is 10.2. The number of rotatable bonds is 5. The van der Waals surface area contributed by atoms with E-state index in [4.69, 9.17) is 0 Å². The molecule has 128 valence electrons. The number of aromatic nitrogens is 4. The van der Waals surface area contributed by atoms with Crippen LogP contribution >= 0.6 is 0 Å². The van der Waals surface area contributed by atoms with E-state index in [1.807, 2.05) is 38.2 Å². The van der Waals surface area contributed by atoms with Gasteiger partial charge in [0, 0.05) is 47.5 Å². The molecule has 0 fully saturated rings. The van der Waals surface area contributed by atoms with Gasteiger partial charge in [-0.2, -0.15) is 0 Å². The van der Waals surface area contributed by atoms with E-state index in [-0.39, 0.29) is 6.04 Å². The zero-order valence-electron chi connectivity index (χ0n) is 15.1. The maximum absolute atomic E-state index is 4.65. The van der Waals surface area contributed by atoms with Crippen LogP contribution in [0, 0.1) is 20.8 Å². The summed E-state index contributed by atoms with van der Waals surface area (Å²) < 4.78 is 0. The van der Waals surface area contributed by atoms with Gasteiger partial charge in [-0.15, -0.1) is 0 Å². The molecule has 0 amide bonds. The Morgan fingerprint density at radius 3 is 2.56 bits per heavy atom. The van der Waals surface area contributed by atoms with E-state index >= 15 is 0 Å². The lowest BCUT2D eigenvalue weighted by molar-refractivity contribution is 0.754. The molecule has 0 bridgehead atoms. The number of pyridine rings is 2. The monoisotopic (exact) mass is 333 g/mol. The van der Waals surface area contributed by atoms with Crippen LogP contribution in [0.4, 0.5) is 5.95 Å². The zero-order valence-corrected chi connectivity index (χ0v) is 15.1. The molecule has 0 saturated carbocycles. The van der Waals surface area contributed by atoms with Gasteiger partial charge >= 0.3 is 0 Å². The summed E-state index contributed by atoms with van der Waals surface area (Å²) in [7, 11) is 0. The molecule has 3 aromatic rings. The Balaban J connectivity index is 1.76. The molecule has 3 aromatic heterocycles. The van der Waals surface area contributed by atoms with Crippen LogP contribution in [0.25, 0.3) is 11.3 Å². The normalized spacial score (nSPS) is 12.0. The van der Waals surface area contributed by atoms with Crippen molar-refractivity contribution in [2.75, 3.05) is 5.32 Å². The lowest BCUT2D eigenvalue weighted by Crippen LogP contribution is -2.21. The van der Waals surface area contributed by atoms with Crippen molar-refractivity contribution in [1.82, 2.24) is 19.9 Å². The predicted molar refractivity (Wildman–Crippen MR) is 100 cm³/mol. The lowest BCUT2D eigenvalue weighted by Gasteiger charge is -2.15.